The molecule has 0 aliphatic rings. The van der Waals surface area contributed by atoms with E-state index in [9.17, 15) is 4.79 Å². The zero-order valence-electron chi connectivity index (χ0n) is 9.93. The summed E-state index contributed by atoms with van der Waals surface area (Å²) in [7, 11) is 1.87. The molecule has 18 heavy (non-hydrogen) atoms. The van der Waals surface area contributed by atoms with E-state index >= 15 is 0 Å². The summed E-state index contributed by atoms with van der Waals surface area (Å²) in [5.41, 5.74) is 1.13. The monoisotopic (exact) mass is 312 g/mol. The van der Waals surface area contributed by atoms with E-state index in [1.54, 1.807) is 10.7 Å². The number of aryl methyl sites for hydroxylation is 2. The van der Waals surface area contributed by atoms with Crippen molar-refractivity contribution in [2.24, 2.45) is 7.05 Å². The molecule has 0 bridgehead atoms. The number of furan rings is 1. The molecule has 0 saturated carbocycles. The Kier molecular flexibility index (Phi) is 4.19. The normalized spacial score (nSPS) is 10.6. The van der Waals surface area contributed by atoms with Gasteiger partial charge in [0.2, 0.25) is 5.76 Å². The second-order valence-corrected chi connectivity index (χ2v) is 4.71. The standard InChI is InChI=1S/C12H13BrN2O3/c1-15-8-9(7-14-15)3-2-5-18-12(16)11-10(13)4-6-17-11/h4,6-8H,2-3,5H2,1H3. The van der Waals surface area contributed by atoms with Crippen molar-refractivity contribution in [3.63, 3.8) is 0 Å². The van der Waals surface area contributed by atoms with Crippen LogP contribution in [-0.2, 0) is 18.2 Å². The Morgan fingerprint density at radius 3 is 3.06 bits per heavy atom. The number of hydrogen-bond donors (Lipinski definition) is 0. The van der Waals surface area contributed by atoms with Crippen molar-refractivity contribution in [2.45, 2.75) is 12.8 Å². The summed E-state index contributed by atoms with van der Waals surface area (Å²) in [5.74, 6) is -0.241. The highest BCUT2D eigenvalue weighted by Gasteiger charge is 2.14. The summed E-state index contributed by atoms with van der Waals surface area (Å²) in [6, 6.07) is 1.66. The molecule has 0 fully saturated rings. The average Bonchev–Trinajstić information content (AvgIpc) is 2.93. The molecule has 2 aromatic rings. The zero-order valence-corrected chi connectivity index (χ0v) is 11.5. The highest BCUT2D eigenvalue weighted by Crippen LogP contribution is 2.18. The number of carbonyl (C=O) groups is 1. The molecule has 0 spiro atoms. The number of aromatic nitrogens is 2. The number of carbonyl (C=O) groups excluding carboxylic acids is 1. The minimum absolute atomic E-state index is 0.205. The van der Waals surface area contributed by atoms with Crippen LogP contribution in [0.2, 0.25) is 0 Å². The molecule has 0 N–H and O–H groups in total. The molecule has 0 saturated heterocycles. The number of nitrogens with zero attached hydrogens (tertiary/aromatic N) is 2. The van der Waals surface area contributed by atoms with E-state index < -0.39 is 5.97 Å². The van der Waals surface area contributed by atoms with Crippen molar-refractivity contribution in [3.05, 3.63) is 40.5 Å². The van der Waals surface area contributed by atoms with Crippen LogP contribution in [-0.4, -0.2) is 22.4 Å². The molecule has 0 unspecified atom stereocenters. The summed E-state index contributed by atoms with van der Waals surface area (Å²) in [4.78, 5) is 11.6. The van der Waals surface area contributed by atoms with Gasteiger partial charge in [0.05, 0.1) is 23.5 Å². The first-order valence-corrected chi connectivity index (χ1v) is 6.34. The lowest BCUT2D eigenvalue weighted by Crippen LogP contribution is -2.06. The minimum Gasteiger partial charge on any atom is -0.460 e. The summed E-state index contributed by atoms with van der Waals surface area (Å²) in [6.45, 7) is 0.362. The Hall–Kier alpha value is -1.56. The maximum atomic E-state index is 11.6. The van der Waals surface area contributed by atoms with Gasteiger partial charge in [0.15, 0.2) is 0 Å². The van der Waals surface area contributed by atoms with E-state index in [0.29, 0.717) is 11.1 Å². The van der Waals surface area contributed by atoms with Gasteiger partial charge in [-0.1, -0.05) is 0 Å². The first kappa shape index (κ1) is 12.9. The summed E-state index contributed by atoms with van der Waals surface area (Å²) in [5, 5.41) is 4.07. The molecule has 5 nitrogen and oxygen atoms in total. The van der Waals surface area contributed by atoms with Crippen LogP contribution in [0.5, 0.6) is 0 Å². The van der Waals surface area contributed by atoms with Gasteiger partial charge in [-0.3, -0.25) is 4.68 Å². The highest BCUT2D eigenvalue weighted by atomic mass is 79.9. The van der Waals surface area contributed by atoms with Gasteiger partial charge in [0.1, 0.15) is 0 Å². The van der Waals surface area contributed by atoms with Gasteiger partial charge in [0, 0.05) is 13.2 Å². The molecule has 2 heterocycles. The summed E-state index contributed by atoms with van der Waals surface area (Å²) < 4.78 is 12.5. The molecular weight excluding hydrogens is 300 g/mol. The largest absolute Gasteiger partial charge is 0.460 e. The predicted molar refractivity (Wildman–Crippen MR) is 68.2 cm³/mol. The van der Waals surface area contributed by atoms with Gasteiger partial charge in [0.25, 0.3) is 0 Å². The van der Waals surface area contributed by atoms with Crippen LogP contribution in [0.3, 0.4) is 0 Å². The molecule has 0 amide bonds. The van der Waals surface area contributed by atoms with Gasteiger partial charge < -0.3 is 9.15 Å². The number of halogens is 1. The minimum atomic E-state index is -0.446. The SMILES string of the molecule is Cn1cc(CCCOC(=O)c2occc2Br)cn1. The van der Waals surface area contributed by atoms with E-state index in [0.717, 1.165) is 18.4 Å². The van der Waals surface area contributed by atoms with Gasteiger partial charge in [-0.25, -0.2) is 4.79 Å². The summed E-state index contributed by atoms with van der Waals surface area (Å²) >= 11 is 3.21. The topological polar surface area (TPSA) is 57.3 Å². The Morgan fingerprint density at radius 1 is 1.61 bits per heavy atom. The fourth-order valence-corrected chi connectivity index (χ4v) is 1.91. The van der Waals surface area contributed by atoms with Crippen LogP contribution in [0, 0.1) is 0 Å². The fraction of sp³-hybridized carbons (Fsp3) is 0.333. The van der Waals surface area contributed by atoms with Crippen LogP contribution >= 0.6 is 15.9 Å². The Balaban J connectivity index is 1.73. The molecule has 0 atom stereocenters. The van der Waals surface area contributed by atoms with Crippen LogP contribution in [0.4, 0.5) is 0 Å². The molecule has 0 radical (unpaired) electrons. The first-order chi connectivity index (χ1) is 8.66. The molecule has 0 aliphatic carbocycles. The summed E-state index contributed by atoms with van der Waals surface area (Å²) in [6.07, 6.45) is 6.79. The van der Waals surface area contributed by atoms with Crippen molar-refractivity contribution in [3.8, 4) is 0 Å². The maximum Gasteiger partial charge on any atom is 0.375 e. The number of rotatable bonds is 5. The van der Waals surface area contributed by atoms with Crippen molar-refractivity contribution in [1.29, 1.82) is 0 Å². The molecular formula is C12H13BrN2O3. The fourth-order valence-electron chi connectivity index (χ4n) is 1.55. The Morgan fingerprint density at radius 2 is 2.44 bits per heavy atom. The third-order valence-electron chi connectivity index (χ3n) is 2.40. The molecule has 96 valence electrons. The van der Waals surface area contributed by atoms with E-state index in [2.05, 4.69) is 21.0 Å². The lowest BCUT2D eigenvalue weighted by Gasteiger charge is -2.02. The van der Waals surface area contributed by atoms with Gasteiger partial charge >= 0.3 is 5.97 Å². The number of ether oxygens (including phenoxy) is 1. The quantitative estimate of drug-likeness (QED) is 0.629. The lowest BCUT2D eigenvalue weighted by atomic mass is 10.2. The molecule has 2 aromatic heterocycles. The maximum absolute atomic E-state index is 11.6. The molecule has 0 aromatic carbocycles. The Labute approximate surface area is 113 Å². The van der Waals surface area contributed by atoms with Crippen LogP contribution < -0.4 is 0 Å². The van der Waals surface area contributed by atoms with E-state index in [-0.39, 0.29) is 5.76 Å². The van der Waals surface area contributed by atoms with Crippen molar-refractivity contribution >= 4 is 21.9 Å². The second-order valence-electron chi connectivity index (χ2n) is 3.86. The Bertz CT molecular complexity index is 533. The molecule has 2 rings (SSSR count). The van der Waals surface area contributed by atoms with Gasteiger partial charge in [-0.2, -0.15) is 5.10 Å². The molecule has 0 aliphatic heterocycles. The van der Waals surface area contributed by atoms with E-state index in [1.807, 2.05) is 19.4 Å². The van der Waals surface area contributed by atoms with Gasteiger partial charge in [-0.05, 0) is 40.4 Å². The highest BCUT2D eigenvalue weighted by molar-refractivity contribution is 9.10. The lowest BCUT2D eigenvalue weighted by molar-refractivity contribution is 0.0463. The van der Waals surface area contributed by atoms with E-state index in [4.69, 9.17) is 9.15 Å². The zero-order chi connectivity index (χ0) is 13.0. The van der Waals surface area contributed by atoms with Crippen molar-refractivity contribution < 1.29 is 13.9 Å². The third kappa shape index (κ3) is 3.22. The number of hydrogen-bond acceptors (Lipinski definition) is 4. The van der Waals surface area contributed by atoms with Crippen LogP contribution in [0.1, 0.15) is 22.5 Å². The second kappa shape index (κ2) is 5.86. The van der Waals surface area contributed by atoms with Crippen molar-refractivity contribution in [1.82, 2.24) is 9.78 Å². The third-order valence-corrected chi connectivity index (χ3v) is 3.03. The first-order valence-electron chi connectivity index (χ1n) is 5.54. The molecule has 6 heteroatoms. The van der Waals surface area contributed by atoms with Crippen LogP contribution in [0.15, 0.2) is 33.6 Å². The van der Waals surface area contributed by atoms with Gasteiger partial charge in [-0.15, -0.1) is 0 Å². The smallest absolute Gasteiger partial charge is 0.375 e. The average molecular weight is 313 g/mol. The predicted octanol–water partition coefficient (Wildman–Crippen LogP) is 2.57. The number of esters is 1. The van der Waals surface area contributed by atoms with E-state index in [1.165, 1.54) is 6.26 Å². The van der Waals surface area contributed by atoms with Crippen molar-refractivity contribution in [2.75, 3.05) is 6.61 Å². The van der Waals surface area contributed by atoms with Crippen LogP contribution in [0.25, 0.3) is 0 Å².